The zero-order valence-corrected chi connectivity index (χ0v) is 20.7. The van der Waals surface area contributed by atoms with Gasteiger partial charge in [-0.05, 0) is 79.6 Å². The smallest absolute Gasteiger partial charge is 0.130 e. The third kappa shape index (κ3) is 5.27. The van der Waals surface area contributed by atoms with Crippen molar-refractivity contribution >= 4 is 11.5 Å². The highest BCUT2D eigenvalue weighted by molar-refractivity contribution is 5.58. The number of hydrogen-bond donors (Lipinski definition) is 2. The number of benzene rings is 1. The third-order valence-electron chi connectivity index (χ3n) is 6.49. The molecular formula is C28H35FN4O. The van der Waals surface area contributed by atoms with E-state index in [2.05, 4.69) is 52.6 Å². The number of nitrogens with one attached hydrogen (secondary N) is 2. The maximum atomic E-state index is 14.2. The molecule has 2 aliphatic heterocycles. The van der Waals surface area contributed by atoms with E-state index in [4.69, 9.17) is 4.74 Å². The van der Waals surface area contributed by atoms with E-state index in [0.29, 0.717) is 18.7 Å². The van der Waals surface area contributed by atoms with Crippen LogP contribution in [0.15, 0.2) is 65.3 Å². The molecule has 2 aliphatic rings. The van der Waals surface area contributed by atoms with E-state index in [1.807, 2.05) is 32.2 Å². The van der Waals surface area contributed by atoms with Crippen LogP contribution in [0.3, 0.4) is 0 Å². The molecule has 0 saturated carbocycles. The number of hydrogen-bond acceptors (Lipinski definition) is 5. The third-order valence-corrected chi connectivity index (χ3v) is 6.49. The van der Waals surface area contributed by atoms with Gasteiger partial charge in [-0.2, -0.15) is 0 Å². The highest BCUT2D eigenvalue weighted by Crippen LogP contribution is 2.29. The molecule has 1 aromatic carbocycles. The molecule has 1 aromatic heterocycles. The minimum atomic E-state index is -0.186. The number of aryl methyl sites for hydroxylation is 1. The second-order valence-corrected chi connectivity index (χ2v) is 8.82. The standard InChI is InChI=1S/C28H35FN4O/c1-5-7-8-26(19(3)28-20(4)34-14-12-30-28)33-13-11-22-17-31-27(15-23(22)18-33)32-24-10-9-21(6-2)25(29)16-24/h7-10,15-17,30H,5-6,11-14,18H2,1-4H3,(H,31,32)/b8-7+,26-19+. The van der Waals surface area contributed by atoms with Crippen molar-refractivity contribution < 1.29 is 9.13 Å². The van der Waals surface area contributed by atoms with E-state index in [0.717, 1.165) is 55.3 Å². The molecule has 5 nitrogen and oxygen atoms in total. The summed E-state index contributed by atoms with van der Waals surface area (Å²) in [6.07, 6.45) is 8.99. The topological polar surface area (TPSA) is 49.4 Å². The van der Waals surface area contributed by atoms with Gasteiger partial charge in [-0.25, -0.2) is 9.37 Å². The molecule has 0 aliphatic carbocycles. The number of ether oxygens (including phenoxy) is 1. The van der Waals surface area contributed by atoms with Crippen molar-refractivity contribution in [3.63, 3.8) is 0 Å². The fraction of sp³-hybridized carbons (Fsp3) is 0.393. The first-order valence-corrected chi connectivity index (χ1v) is 12.2. The molecule has 0 amide bonds. The summed E-state index contributed by atoms with van der Waals surface area (Å²) in [5, 5.41) is 6.79. The molecule has 4 rings (SSSR count). The SMILES string of the molecule is CC/C=C/C(=C(/C)C1=C(C)OCCN1)N1CCc2cnc(Nc3ccc(CC)c(F)c3)cc2C1. The van der Waals surface area contributed by atoms with Crippen LogP contribution in [-0.4, -0.2) is 29.6 Å². The van der Waals surface area contributed by atoms with Crippen LogP contribution in [-0.2, 0) is 24.1 Å². The molecule has 0 fully saturated rings. The molecule has 6 heteroatoms. The summed E-state index contributed by atoms with van der Waals surface area (Å²) in [7, 11) is 0. The lowest BCUT2D eigenvalue weighted by molar-refractivity contribution is 0.194. The number of pyridine rings is 1. The lowest BCUT2D eigenvalue weighted by atomic mass is 9.99. The number of rotatable bonds is 7. The number of aromatic nitrogens is 1. The average molecular weight is 463 g/mol. The maximum Gasteiger partial charge on any atom is 0.130 e. The second kappa shape index (κ2) is 10.8. The van der Waals surface area contributed by atoms with E-state index < -0.39 is 0 Å². The van der Waals surface area contributed by atoms with Crippen LogP contribution in [0.1, 0.15) is 50.8 Å². The van der Waals surface area contributed by atoms with Gasteiger partial charge in [-0.3, -0.25) is 0 Å². The molecule has 0 atom stereocenters. The van der Waals surface area contributed by atoms with Gasteiger partial charge in [0, 0.05) is 37.2 Å². The van der Waals surface area contributed by atoms with Crippen LogP contribution in [0.5, 0.6) is 0 Å². The minimum Gasteiger partial charge on any atom is -0.494 e. The Labute approximate surface area is 202 Å². The summed E-state index contributed by atoms with van der Waals surface area (Å²) >= 11 is 0. The zero-order valence-electron chi connectivity index (χ0n) is 20.7. The van der Waals surface area contributed by atoms with Gasteiger partial charge in [0.05, 0.1) is 5.70 Å². The van der Waals surface area contributed by atoms with Gasteiger partial charge in [-0.15, -0.1) is 0 Å². The number of halogens is 1. The largest absolute Gasteiger partial charge is 0.494 e. The Hall–Kier alpha value is -3.28. The first-order chi connectivity index (χ1) is 16.5. The lowest BCUT2D eigenvalue weighted by Gasteiger charge is -2.34. The van der Waals surface area contributed by atoms with E-state index in [9.17, 15) is 4.39 Å². The molecule has 0 radical (unpaired) electrons. The Bertz CT molecular complexity index is 1140. The second-order valence-electron chi connectivity index (χ2n) is 8.82. The van der Waals surface area contributed by atoms with Crippen LogP contribution in [0.4, 0.5) is 15.9 Å². The van der Waals surface area contributed by atoms with E-state index in [1.54, 1.807) is 6.07 Å². The monoisotopic (exact) mass is 462 g/mol. The van der Waals surface area contributed by atoms with Crippen LogP contribution >= 0.6 is 0 Å². The molecule has 0 unspecified atom stereocenters. The van der Waals surface area contributed by atoms with Crippen LogP contribution in [0, 0.1) is 5.82 Å². The first kappa shape index (κ1) is 23.9. The van der Waals surface area contributed by atoms with Gasteiger partial charge >= 0.3 is 0 Å². The maximum absolute atomic E-state index is 14.2. The van der Waals surface area contributed by atoms with Crippen molar-refractivity contribution in [1.29, 1.82) is 0 Å². The Morgan fingerprint density at radius 1 is 1.26 bits per heavy atom. The summed E-state index contributed by atoms with van der Waals surface area (Å²) in [6, 6.07) is 7.37. The predicted molar refractivity (Wildman–Crippen MR) is 136 cm³/mol. The van der Waals surface area contributed by atoms with Gasteiger partial charge in [0.15, 0.2) is 0 Å². The minimum absolute atomic E-state index is 0.186. The number of allylic oxidation sites excluding steroid dienone is 4. The van der Waals surface area contributed by atoms with Crippen molar-refractivity contribution in [2.24, 2.45) is 0 Å². The fourth-order valence-corrected chi connectivity index (χ4v) is 4.57. The van der Waals surface area contributed by atoms with Gasteiger partial charge in [-0.1, -0.05) is 26.0 Å². The molecule has 34 heavy (non-hydrogen) atoms. The van der Waals surface area contributed by atoms with Crippen LogP contribution < -0.4 is 10.6 Å². The van der Waals surface area contributed by atoms with Crippen molar-refractivity contribution in [3.05, 3.63) is 87.8 Å². The first-order valence-electron chi connectivity index (χ1n) is 12.2. The molecule has 3 heterocycles. The predicted octanol–water partition coefficient (Wildman–Crippen LogP) is 5.98. The van der Waals surface area contributed by atoms with Gasteiger partial charge in [0.2, 0.25) is 0 Å². The Morgan fingerprint density at radius 3 is 2.85 bits per heavy atom. The molecule has 0 spiro atoms. The number of anilines is 2. The average Bonchev–Trinajstić information content (AvgIpc) is 2.84. The quantitative estimate of drug-likeness (QED) is 0.496. The Balaban J connectivity index is 1.60. The molecule has 2 aromatic rings. The van der Waals surface area contributed by atoms with Crippen molar-refractivity contribution in [2.75, 3.05) is 25.0 Å². The van der Waals surface area contributed by atoms with Crippen LogP contribution in [0.25, 0.3) is 0 Å². The molecule has 0 bridgehead atoms. The van der Waals surface area contributed by atoms with E-state index in [-0.39, 0.29) is 5.82 Å². The molecule has 2 N–H and O–H groups in total. The van der Waals surface area contributed by atoms with E-state index in [1.165, 1.54) is 22.4 Å². The highest BCUT2D eigenvalue weighted by Gasteiger charge is 2.22. The van der Waals surface area contributed by atoms with Gasteiger partial charge < -0.3 is 20.3 Å². The molecule has 0 saturated heterocycles. The fourth-order valence-electron chi connectivity index (χ4n) is 4.57. The summed E-state index contributed by atoms with van der Waals surface area (Å²) in [6.45, 7) is 11.5. The van der Waals surface area contributed by atoms with Crippen molar-refractivity contribution in [1.82, 2.24) is 15.2 Å². The van der Waals surface area contributed by atoms with Crippen molar-refractivity contribution in [2.45, 2.75) is 53.5 Å². The summed E-state index contributed by atoms with van der Waals surface area (Å²) in [5.41, 5.74) is 7.43. The summed E-state index contributed by atoms with van der Waals surface area (Å²) in [4.78, 5) is 7.02. The van der Waals surface area contributed by atoms with Crippen LogP contribution in [0.2, 0.25) is 0 Å². The van der Waals surface area contributed by atoms with E-state index >= 15 is 0 Å². The molecule has 180 valence electrons. The van der Waals surface area contributed by atoms with Gasteiger partial charge in [0.1, 0.15) is 24.0 Å². The highest BCUT2D eigenvalue weighted by atomic mass is 19.1. The number of nitrogens with zero attached hydrogens (tertiary/aromatic N) is 2. The normalized spacial score (nSPS) is 16.7. The summed E-state index contributed by atoms with van der Waals surface area (Å²) in [5.74, 6) is 1.49. The lowest BCUT2D eigenvalue weighted by Crippen LogP contribution is -2.32. The van der Waals surface area contributed by atoms with Crippen molar-refractivity contribution in [3.8, 4) is 0 Å². The Morgan fingerprint density at radius 2 is 2.12 bits per heavy atom. The number of fused-ring (bicyclic) bond motifs is 1. The summed E-state index contributed by atoms with van der Waals surface area (Å²) < 4.78 is 20.0. The zero-order chi connectivity index (χ0) is 24.1. The Kier molecular flexibility index (Phi) is 7.56. The van der Waals surface area contributed by atoms with Gasteiger partial charge in [0.25, 0.3) is 0 Å². The molecular weight excluding hydrogens is 427 g/mol.